The van der Waals surface area contributed by atoms with E-state index in [9.17, 15) is 12.8 Å². The van der Waals surface area contributed by atoms with Gasteiger partial charge in [0.1, 0.15) is 11.6 Å². The average Bonchev–Trinajstić information content (AvgIpc) is 2.63. The van der Waals surface area contributed by atoms with Crippen LogP contribution >= 0.6 is 0 Å². The summed E-state index contributed by atoms with van der Waals surface area (Å²) in [7, 11) is -3.87. The molecule has 1 saturated heterocycles. The summed E-state index contributed by atoms with van der Waals surface area (Å²) in [6, 6.07) is 15.9. The second-order valence-corrected chi connectivity index (χ2v) is 7.93. The summed E-state index contributed by atoms with van der Waals surface area (Å²) in [6.07, 6.45) is -0.331. The SMILES string of the molecule is O=S(=O)(Cc1ccccc1F)OC[C@@H]1CN(Cc2ccccc2)CCO1. The Balaban J connectivity index is 1.51. The number of nitrogens with zero attached hydrogens (tertiary/aromatic N) is 1. The number of morpholine rings is 1. The number of hydrogen-bond donors (Lipinski definition) is 0. The van der Waals surface area contributed by atoms with Crippen molar-refractivity contribution in [1.29, 1.82) is 0 Å². The van der Waals surface area contributed by atoms with Gasteiger partial charge in [0.15, 0.2) is 0 Å². The van der Waals surface area contributed by atoms with Crippen LogP contribution in [0, 0.1) is 5.82 Å². The van der Waals surface area contributed by atoms with Crippen LogP contribution in [-0.2, 0) is 31.3 Å². The summed E-state index contributed by atoms with van der Waals surface area (Å²) in [4.78, 5) is 2.20. The quantitative estimate of drug-likeness (QED) is 0.692. The van der Waals surface area contributed by atoms with E-state index in [2.05, 4.69) is 17.0 Å². The maximum Gasteiger partial charge on any atom is 0.271 e. The molecule has 0 aliphatic carbocycles. The van der Waals surface area contributed by atoms with Crippen molar-refractivity contribution in [3.05, 3.63) is 71.5 Å². The molecule has 0 spiro atoms. The number of ether oxygens (including phenoxy) is 1. The van der Waals surface area contributed by atoms with Gasteiger partial charge in [0.25, 0.3) is 10.1 Å². The summed E-state index contributed by atoms with van der Waals surface area (Å²) in [5.41, 5.74) is 1.30. The minimum Gasteiger partial charge on any atom is -0.373 e. The summed E-state index contributed by atoms with van der Waals surface area (Å²) in [5, 5.41) is 0. The lowest BCUT2D eigenvalue weighted by Gasteiger charge is -2.32. The van der Waals surface area contributed by atoms with Gasteiger partial charge in [-0.1, -0.05) is 48.5 Å². The van der Waals surface area contributed by atoms with E-state index in [-0.39, 0.29) is 18.3 Å². The fourth-order valence-corrected chi connectivity index (χ4v) is 3.95. The van der Waals surface area contributed by atoms with Gasteiger partial charge in [0, 0.05) is 25.2 Å². The highest BCUT2D eigenvalue weighted by molar-refractivity contribution is 7.85. The standard InChI is InChI=1S/C19H22FNO4S/c20-19-9-5-4-8-17(19)15-26(22,23)25-14-18-13-21(10-11-24-18)12-16-6-2-1-3-7-16/h1-9,18H,10-15H2/t18-/m0/s1. The third-order valence-corrected chi connectivity index (χ3v) is 5.36. The Labute approximate surface area is 153 Å². The van der Waals surface area contributed by atoms with Crippen molar-refractivity contribution >= 4 is 10.1 Å². The molecule has 0 unspecified atom stereocenters. The maximum absolute atomic E-state index is 13.6. The van der Waals surface area contributed by atoms with Crippen molar-refractivity contribution < 1.29 is 21.7 Å². The molecule has 0 N–H and O–H groups in total. The largest absolute Gasteiger partial charge is 0.373 e. The molecular formula is C19H22FNO4S. The van der Waals surface area contributed by atoms with Crippen LogP contribution in [0.25, 0.3) is 0 Å². The van der Waals surface area contributed by atoms with Crippen LogP contribution in [-0.4, -0.2) is 45.7 Å². The molecule has 5 nitrogen and oxygen atoms in total. The van der Waals surface area contributed by atoms with Gasteiger partial charge in [-0.2, -0.15) is 8.42 Å². The van der Waals surface area contributed by atoms with Gasteiger partial charge in [-0.05, 0) is 11.6 Å². The topological polar surface area (TPSA) is 55.8 Å². The summed E-state index contributed by atoms with van der Waals surface area (Å²) >= 11 is 0. The van der Waals surface area contributed by atoms with Crippen LogP contribution < -0.4 is 0 Å². The van der Waals surface area contributed by atoms with Crippen LogP contribution in [0.3, 0.4) is 0 Å². The van der Waals surface area contributed by atoms with E-state index in [0.29, 0.717) is 13.2 Å². The van der Waals surface area contributed by atoms with Gasteiger partial charge in [-0.3, -0.25) is 9.08 Å². The molecular weight excluding hydrogens is 357 g/mol. The first-order valence-corrected chi connectivity index (χ1v) is 10.1. The molecule has 1 aliphatic heterocycles. The van der Waals surface area contributed by atoms with E-state index in [0.717, 1.165) is 13.1 Å². The molecule has 3 rings (SSSR count). The first-order valence-electron chi connectivity index (χ1n) is 8.50. The van der Waals surface area contributed by atoms with Crippen molar-refractivity contribution in [3.63, 3.8) is 0 Å². The molecule has 26 heavy (non-hydrogen) atoms. The van der Waals surface area contributed by atoms with Crippen LogP contribution in [0.15, 0.2) is 54.6 Å². The average molecular weight is 379 g/mol. The maximum atomic E-state index is 13.6. The van der Waals surface area contributed by atoms with Gasteiger partial charge in [0.05, 0.1) is 19.3 Å². The van der Waals surface area contributed by atoms with Gasteiger partial charge >= 0.3 is 0 Å². The first-order chi connectivity index (χ1) is 12.5. The van der Waals surface area contributed by atoms with Gasteiger partial charge < -0.3 is 4.74 Å². The predicted octanol–water partition coefficient (Wildman–Crippen LogP) is 2.57. The number of benzene rings is 2. The second-order valence-electron chi connectivity index (χ2n) is 6.29. The molecule has 1 heterocycles. The molecule has 0 saturated carbocycles. The van der Waals surface area contributed by atoms with Crippen LogP contribution in [0.4, 0.5) is 4.39 Å². The molecule has 1 aliphatic rings. The second kappa shape index (κ2) is 8.73. The zero-order valence-electron chi connectivity index (χ0n) is 14.4. The third-order valence-electron chi connectivity index (χ3n) is 4.20. The molecule has 2 aromatic carbocycles. The molecule has 0 amide bonds. The van der Waals surface area contributed by atoms with Crippen molar-refractivity contribution in [2.75, 3.05) is 26.3 Å². The lowest BCUT2D eigenvalue weighted by Crippen LogP contribution is -2.44. The normalized spacial score (nSPS) is 18.7. The third kappa shape index (κ3) is 5.60. The summed E-state index contributed by atoms with van der Waals surface area (Å²) in [5.74, 6) is -1.04. The Morgan fingerprint density at radius 1 is 1.12 bits per heavy atom. The van der Waals surface area contributed by atoms with Crippen molar-refractivity contribution in [2.45, 2.75) is 18.4 Å². The molecule has 1 fully saturated rings. The Hall–Kier alpha value is -1.80. The zero-order chi connectivity index (χ0) is 18.4. The Morgan fingerprint density at radius 3 is 2.62 bits per heavy atom. The Kier molecular flexibility index (Phi) is 6.37. The fraction of sp³-hybridized carbons (Fsp3) is 0.368. The van der Waals surface area contributed by atoms with Gasteiger partial charge in [-0.15, -0.1) is 0 Å². The van der Waals surface area contributed by atoms with Crippen molar-refractivity contribution in [3.8, 4) is 0 Å². The van der Waals surface area contributed by atoms with E-state index >= 15 is 0 Å². The van der Waals surface area contributed by atoms with Crippen LogP contribution in [0.2, 0.25) is 0 Å². The molecule has 1 atom stereocenters. The molecule has 2 aromatic rings. The molecule has 0 bridgehead atoms. The zero-order valence-corrected chi connectivity index (χ0v) is 15.2. The highest BCUT2D eigenvalue weighted by Gasteiger charge is 2.24. The first kappa shape index (κ1) is 19.0. The van der Waals surface area contributed by atoms with E-state index in [1.54, 1.807) is 6.07 Å². The highest BCUT2D eigenvalue weighted by atomic mass is 32.2. The molecule has 140 valence electrons. The molecule has 0 radical (unpaired) electrons. The monoisotopic (exact) mass is 379 g/mol. The van der Waals surface area contributed by atoms with E-state index in [1.807, 2.05) is 18.2 Å². The fourth-order valence-electron chi connectivity index (χ4n) is 2.89. The van der Waals surface area contributed by atoms with E-state index in [4.69, 9.17) is 8.92 Å². The molecule has 0 aromatic heterocycles. The Morgan fingerprint density at radius 2 is 1.85 bits per heavy atom. The number of rotatable bonds is 7. The summed E-state index contributed by atoms with van der Waals surface area (Å²) in [6.45, 7) is 2.61. The van der Waals surface area contributed by atoms with E-state index in [1.165, 1.54) is 23.8 Å². The van der Waals surface area contributed by atoms with Gasteiger partial charge in [-0.25, -0.2) is 4.39 Å². The van der Waals surface area contributed by atoms with E-state index < -0.39 is 21.7 Å². The minimum atomic E-state index is -3.87. The Bertz CT molecular complexity index is 813. The van der Waals surface area contributed by atoms with Crippen molar-refractivity contribution in [1.82, 2.24) is 4.90 Å². The smallest absolute Gasteiger partial charge is 0.271 e. The van der Waals surface area contributed by atoms with Crippen LogP contribution in [0.5, 0.6) is 0 Å². The lowest BCUT2D eigenvalue weighted by atomic mass is 10.2. The summed E-state index contributed by atoms with van der Waals surface area (Å²) < 4.78 is 48.5. The van der Waals surface area contributed by atoms with Crippen molar-refractivity contribution in [2.24, 2.45) is 0 Å². The number of hydrogen-bond acceptors (Lipinski definition) is 5. The highest BCUT2D eigenvalue weighted by Crippen LogP contribution is 2.15. The molecule has 7 heteroatoms. The predicted molar refractivity (Wildman–Crippen MR) is 96.4 cm³/mol. The van der Waals surface area contributed by atoms with Gasteiger partial charge in [0.2, 0.25) is 0 Å². The lowest BCUT2D eigenvalue weighted by molar-refractivity contribution is -0.0495. The minimum absolute atomic E-state index is 0.0674. The van der Waals surface area contributed by atoms with Crippen LogP contribution in [0.1, 0.15) is 11.1 Å². The number of halogens is 1.